The summed E-state index contributed by atoms with van der Waals surface area (Å²) in [6.07, 6.45) is 1.06. The summed E-state index contributed by atoms with van der Waals surface area (Å²) in [5.41, 5.74) is 6.46. The lowest BCUT2D eigenvalue weighted by molar-refractivity contribution is 0.333. The zero-order valence-corrected chi connectivity index (χ0v) is 13.5. The highest BCUT2D eigenvalue weighted by Crippen LogP contribution is 2.21. The van der Waals surface area contributed by atoms with Gasteiger partial charge in [-0.3, -0.25) is 0 Å². The topological polar surface area (TPSA) is 21.3 Å². The van der Waals surface area contributed by atoms with Crippen LogP contribution in [0.15, 0.2) is 36.4 Å². The van der Waals surface area contributed by atoms with Crippen molar-refractivity contribution in [3.63, 3.8) is 0 Å². The van der Waals surface area contributed by atoms with Crippen LogP contribution in [0.5, 0.6) is 5.75 Å². The summed E-state index contributed by atoms with van der Waals surface area (Å²) in [7, 11) is 0. The standard InChI is InChI=1S/C19H25NO/c1-5-17-6-8-18(9-7-17)21-11-10-20-19-15(3)12-14(2)13-16(19)4/h6-9,12-13,20H,5,10-11H2,1-4H3. The van der Waals surface area contributed by atoms with Crippen LogP contribution < -0.4 is 10.1 Å². The van der Waals surface area contributed by atoms with Crippen LogP contribution in [-0.4, -0.2) is 13.2 Å². The smallest absolute Gasteiger partial charge is 0.119 e. The first-order chi connectivity index (χ1) is 10.1. The largest absolute Gasteiger partial charge is 0.492 e. The molecule has 21 heavy (non-hydrogen) atoms. The van der Waals surface area contributed by atoms with Gasteiger partial charge in [0.2, 0.25) is 0 Å². The number of nitrogens with one attached hydrogen (secondary N) is 1. The average molecular weight is 283 g/mol. The Bertz CT molecular complexity index is 564. The van der Waals surface area contributed by atoms with Crippen molar-refractivity contribution < 1.29 is 4.74 Å². The Hall–Kier alpha value is -1.96. The Morgan fingerprint density at radius 2 is 1.57 bits per heavy atom. The van der Waals surface area contributed by atoms with Gasteiger partial charge < -0.3 is 10.1 Å². The number of rotatable bonds is 6. The molecule has 0 unspecified atom stereocenters. The van der Waals surface area contributed by atoms with Crippen LogP contribution in [0, 0.1) is 20.8 Å². The molecule has 0 bridgehead atoms. The van der Waals surface area contributed by atoms with Crippen molar-refractivity contribution >= 4 is 5.69 Å². The molecule has 2 aromatic carbocycles. The Morgan fingerprint density at radius 1 is 0.952 bits per heavy atom. The van der Waals surface area contributed by atoms with Gasteiger partial charge in [-0.15, -0.1) is 0 Å². The summed E-state index contributed by atoms with van der Waals surface area (Å²) in [5.74, 6) is 0.936. The first-order valence-electron chi connectivity index (χ1n) is 7.63. The number of anilines is 1. The van der Waals surface area contributed by atoms with E-state index in [1.165, 1.54) is 27.9 Å². The number of aryl methyl sites for hydroxylation is 4. The summed E-state index contributed by atoms with van der Waals surface area (Å²) < 4.78 is 5.77. The number of ether oxygens (including phenoxy) is 1. The number of benzene rings is 2. The maximum absolute atomic E-state index is 5.77. The van der Waals surface area contributed by atoms with E-state index in [0.717, 1.165) is 18.7 Å². The molecular formula is C19H25NO. The summed E-state index contributed by atoms with van der Waals surface area (Å²) in [5, 5.41) is 3.48. The zero-order valence-electron chi connectivity index (χ0n) is 13.5. The van der Waals surface area contributed by atoms with Crippen molar-refractivity contribution in [2.45, 2.75) is 34.1 Å². The van der Waals surface area contributed by atoms with Crippen LogP contribution in [0.2, 0.25) is 0 Å². The zero-order chi connectivity index (χ0) is 15.2. The third kappa shape index (κ3) is 4.25. The molecule has 2 rings (SSSR count). The molecule has 0 heterocycles. The van der Waals surface area contributed by atoms with Crippen LogP contribution >= 0.6 is 0 Å². The molecule has 112 valence electrons. The first-order valence-corrected chi connectivity index (χ1v) is 7.63. The number of hydrogen-bond acceptors (Lipinski definition) is 2. The third-order valence-corrected chi connectivity index (χ3v) is 3.68. The van der Waals surface area contributed by atoms with Crippen molar-refractivity contribution in [3.05, 3.63) is 58.7 Å². The highest BCUT2D eigenvalue weighted by Gasteiger charge is 2.03. The normalized spacial score (nSPS) is 10.5. The van der Waals surface area contributed by atoms with Crippen molar-refractivity contribution in [1.82, 2.24) is 0 Å². The molecule has 0 saturated carbocycles. The molecule has 0 saturated heterocycles. The van der Waals surface area contributed by atoms with E-state index in [2.05, 4.69) is 57.3 Å². The molecule has 2 aromatic rings. The van der Waals surface area contributed by atoms with Crippen LogP contribution in [0.3, 0.4) is 0 Å². The van der Waals surface area contributed by atoms with Crippen LogP contribution in [-0.2, 0) is 6.42 Å². The molecule has 0 aliphatic carbocycles. The predicted octanol–water partition coefficient (Wildman–Crippen LogP) is 4.67. The van der Waals surface area contributed by atoms with E-state index in [4.69, 9.17) is 4.74 Å². The summed E-state index contributed by atoms with van der Waals surface area (Å²) in [6, 6.07) is 12.7. The predicted molar refractivity (Wildman–Crippen MR) is 90.5 cm³/mol. The summed E-state index contributed by atoms with van der Waals surface area (Å²) in [6.45, 7) is 10.1. The van der Waals surface area contributed by atoms with Crippen molar-refractivity contribution in [3.8, 4) is 5.75 Å². The molecule has 2 nitrogen and oxygen atoms in total. The van der Waals surface area contributed by atoms with Gasteiger partial charge in [0.15, 0.2) is 0 Å². The Labute approximate surface area is 128 Å². The van der Waals surface area contributed by atoms with Gasteiger partial charge in [-0.05, 0) is 56.0 Å². The van der Waals surface area contributed by atoms with E-state index in [0.29, 0.717) is 6.61 Å². The fourth-order valence-corrected chi connectivity index (χ4v) is 2.63. The summed E-state index contributed by atoms with van der Waals surface area (Å²) in [4.78, 5) is 0. The van der Waals surface area contributed by atoms with E-state index in [-0.39, 0.29) is 0 Å². The van der Waals surface area contributed by atoms with E-state index >= 15 is 0 Å². The Kier molecular flexibility index (Phi) is 5.26. The average Bonchev–Trinajstić information content (AvgIpc) is 2.46. The SMILES string of the molecule is CCc1ccc(OCCNc2c(C)cc(C)cc2C)cc1. The van der Waals surface area contributed by atoms with Crippen molar-refractivity contribution in [2.75, 3.05) is 18.5 Å². The van der Waals surface area contributed by atoms with Crippen LogP contribution in [0.4, 0.5) is 5.69 Å². The molecule has 0 radical (unpaired) electrons. The molecule has 1 N–H and O–H groups in total. The van der Waals surface area contributed by atoms with Gasteiger partial charge in [0.05, 0.1) is 0 Å². The molecule has 0 aromatic heterocycles. The van der Waals surface area contributed by atoms with E-state index in [9.17, 15) is 0 Å². The third-order valence-electron chi connectivity index (χ3n) is 3.68. The van der Waals surface area contributed by atoms with Gasteiger partial charge >= 0.3 is 0 Å². The van der Waals surface area contributed by atoms with Gasteiger partial charge in [0.25, 0.3) is 0 Å². The highest BCUT2D eigenvalue weighted by molar-refractivity contribution is 5.58. The molecule has 0 atom stereocenters. The van der Waals surface area contributed by atoms with Gasteiger partial charge in [-0.1, -0.05) is 36.8 Å². The second-order valence-electron chi connectivity index (χ2n) is 5.55. The van der Waals surface area contributed by atoms with Gasteiger partial charge in [0.1, 0.15) is 12.4 Å². The highest BCUT2D eigenvalue weighted by atomic mass is 16.5. The lowest BCUT2D eigenvalue weighted by Crippen LogP contribution is -2.13. The Morgan fingerprint density at radius 3 is 2.14 bits per heavy atom. The minimum absolute atomic E-state index is 0.665. The quantitative estimate of drug-likeness (QED) is 0.778. The van der Waals surface area contributed by atoms with Gasteiger partial charge in [0, 0.05) is 12.2 Å². The van der Waals surface area contributed by atoms with E-state index in [1.54, 1.807) is 0 Å². The maximum atomic E-state index is 5.77. The fourth-order valence-electron chi connectivity index (χ4n) is 2.63. The summed E-state index contributed by atoms with van der Waals surface area (Å²) >= 11 is 0. The van der Waals surface area contributed by atoms with Crippen LogP contribution in [0.1, 0.15) is 29.2 Å². The molecule has 2 heteroatoms. The van der Waals surface area contributed by atoms with E-state index in [1.807, 2.05) is 12.1 Å². The molecule has 0 amide bonds. The van der Waals surface area contributed by atoms with Gasteiger partial charge in [-0.25, -0.2) is 0 Å². The number of hydrogen-bond donors (Lipinski definition) is 1. The fraction of sp³-hybridized carbons (Fsp3) is 0.368. The maximum Gasteiger partial charge on any atom is 0.119 e. The first kappa shape index (κ1) is 15.4. The lowest BCUT2D eigenvalue weighted by Gasteiger charge is -2.14. The molecule has 0 fully saturated rings. The Balaban J connectivity index is 1.84. The minimum atomic E-state index is 0.665. The molecule has 0 aliphatic heterocycles. The molecule has 0 aliphatic rings. The van der Waals surface area contributed by atoms with Crippen LogP contribution in [0.25, 0.3) is 0 Å². The minimum Gasteiger partial charge on any atom is -0.492 e. The second kappa shape index (κ2) is 7.16. The van der Waals surface area contributed by atoms with Crippen molar-refractivity contribution in [2.24, 2.45) is 0 Å². The second-order valence-corrected chi connectivity index (χ2v) is 5.55. The van der Waals surface area contributed by atoms with E-state index < -0.39 is 0 Å². The monoisotopic (exact) mass is 283 g/mol. The molecule has 0 spiro atoms. The molecular weight excluding hydrogens is 258 g/mol. The lowest BCUT2D eigenvalue weighted by atomic mass is 10.1. The van der Waals surface area contributed by atoms with Gasteiger partial charge in [-0.2, -0.15) is 0 Å². The van der Waals surface area contributed by atoms with Crippen molar-refractivity contribution in [1.29, 1.82) is 0 Å².